The summed E-state index contributed by atoms with van der Waals surface area (Å²) in [5.41, 5.74) is 2.62. The molecule has 0 saturated heterocycles. The summed E-state index contributed by atoms with van der Waals surface area (Å²) in [6.45, 7) is 3.75. The number of nitrogens with one attached hydrogen (secondary N) is 2. The molecule has 1 aliphatic heterocycles. The molecule has 8 heteroatoms. The highest BCUT2D eigenvalue weighted by atomic mass is 32.1. The lowest BCUT2D eigenvalue weighted by atomic mass is 9.95. The van der Waals surface area contributed by atoms with Crippen LogP contribution in [0, 0.1) is 0 Å². The number of hydrogen-bond acceptors (Lipinski definition) is 5. The Balaban J connectivity index is 2.39. The molecule has 1 heterocycles. The van der Waals surface area contributed by atoms with Crippen molar-refractivity contribution in [1.82, 2.24) is 10.2 Å². The molecule has 0 aliphatic carbocycles. The molecule has 26 heavy (non-hydrogen) atoms. The monoisotopic (exact) mass is 377 g/mol. The molecule has 0 unspecified atom stereocenters. The van der Waals surface area contributed by atoms with Crippen LogP contribution in [0.25, 0.3) is 0 Å². The number of ether oxygens (including phenoxy) is 2. The van der Waals surface area contributed by atoms with Gasteiger partial charge in [-0.2, -0.15) is 0 Å². The molecule has 0 bridgehead atoms. The maximum absolute atomic E-state index is 12.7. The van der Waals surface area contributed by atoms with Crippen molar-refractivity contribution in [2.45, 2.75) is 19.9 Å². The normalized spacial score (nSPS) is 17.0. The van der Waals surface area contributed by atoms with E-state index in [4.69, 9.17) is 21.7 Å². The average Bonchev–Trinajstić information content (AvgIpc) is 2.59. The number of anilines is 1. The minimum atomic E-state index is -0.470. The summed E-state index contributed by atoms with van der Waals surface area (Å²) in [4.78, 5) is 25.7. The van der Waals surface area contributed by atoms with Crippen LogP contribution >= 0.6 is 12.2 Å². The van der Waals surface area contributed by atoms with Gasteiger partial charge in [0.2, 0.25) is 5.91 Å². The second-order valence-electron chi connectivity index (χ2n) is 5.88. The SMILES string of the molecule is COCCOC(=O)C1=C(C)N(C)C(=S)N[C@H]1c1cccc(NC(C)=O)c1. The predicted molar refractivity (Wildman–Crippen MR) is 103 cm³/mol. The molecule has 1 amide bonds. The number of carbonyl (C=O) groups excluding carboxylic acids is 2. The maximum Gasteiger partial charge on any atom is 0.338 e. The molecule has 1 atom stereocenters. The largest absolute Gasteiger partial charge is 0.460 e. The molecule has 1 aromatic carbocycles. The number of allylic oxidation sites excluding steroid dienone is 1. The van der Waals surface area contributed by atoms with Crippen molar-refractivity contribution < 1.29 is 19.1 Å². The second-order valence-corrected chi connectivity index (χ2v) is 6.26. The van der Waals surface area contributed by atoms with Crippen LogP contribution in [-0.4, -0.2) is 49.3 Å². The van der Waals surface area contributed by atoms with Gasteiger partial charge >= 0.3 is 5.97 Å². The average molecular weight is 377 g/mol. The second kappa shape index (κ2) is 8.77. The van der Waals surface area contributed by atoms with Crippen LogP contribution < -0.4 is 10.6 Å². The number of thiocarbonyl (C=S) groups is 1. The number of rotatable bonds is 6. The summed E-state index contributed by atoms with van der Waals surface area (Å²) in [6.07, 6.45) is 0. The number of carbonyl (C=O) groups is 2. The van der Waals surface area contributed by atoms with E-state index >= 15 is 0 Å². The first-order valence-electron chi connectivity index (χ1n) is 8.13. The Kier molecular flexibility index (Phi) is 6.70. The van der Waals surface area contributed by atoms with Gasteiger partial charge in [-0.25, -0.2) is 4.79 Å². The molecule has 1 aromatic rings. The summed E-state index contributed by atoms with van der Waals surface area (Å²) in [5.74, 6) is -0.601. The van der Waals surface area contributed by atoms with Crippen LogP contribution in [0.15, 0.2) is 35.5 Å². The van der Waals surface area contributed by atoms with Crippen molar-refractivity contribution in [2.24, 2.45) is 0 Å². The molecule has 0 radical (unpaired) electrons. The molecule has 7 nitrogen and oxygen atoms in total. The third kappa shape index (κ3) is 4.59. The summed E-state index contributed by atoms with van der Waals surface area (Å²) in [5, 5.41) is 6.42. The first-order valence-corrected chi connectivity index (χ1v) is 8.54. The number of nitrogens with zero attached hydrogens (tertiary/aromatic N) is 1. The Morgan fingerprint density at radius 1 is 1.35 bits per heavy atom. The van der Waals surface area contributed by atoms with Crippen LogP contribution in [0.2, 0.25) is 0 Å². The summed E-state index contributed by atoms with van der Waals surface area (Å²) in [7, 11) is 3.33. The molecule has 0 fully saturated rings. The number of hydrogen-bond donors (Lipinski definition) is 2. The molecule has 2 N–H and O–H groups in total. The van der Waals surface area contributed by atoms with Gasteiger partial charge in [0.05, 0.1) is 18.2 Å². The maximum atomic E-state index is 12.7. The Bertz CT molecular complexity index is 748. The molecular weight excluding hydrogens is 354 g/mol. The van der Waals surface area contributed by atoms with Gasteiger partial charge in [-0.05, 0) is 36.8 Å². The van der Waals surface area contributed by atoms with E-state index in [1.165, 1.54) is 6.92 Å². The van der Waals surface area contributed by atoms with Crippen molar-refractivity contribution in [3.63, 3.8) is 0 Å². The minimum absolute atomic E-state index is 0.166. The van der Waals surface area contributed by atoms with E-state index in [0.29, 0.717) is 28.7 Å². The van der Waals surface area contributed by atoms with E-state index in [9.17, 15) is 9.59 Å². The number of esters is 1. The van der Waals surface area contributed by atoms with Gasteiger partial charge in [0, 0.05) is 32.5 Å². The third-order valence-electron chi connectivity index (χ3n) is 4.03. The summed E-state index contributed by atoms with van der Waals surface area (Å²) >= 11 is 5.37. The highest BCUT2D eigenvalue weighted by Crippen LogP contribution is 2.31. The molecule has 140 valence electrons. The van der Waals surface area contributed by atoms with Crippen LogP contribution in [0.5, 0.6) is 0 Å². The van der Waals surface area contributed by atoms with Gasteiger partial charge in [-0.3, -0.25) is 4.79 Å². The van der Waals surface area contributed by atoms with Crippen LogP contribution in [0.3, 0.4) is 0 Å². The van der Waals surface area contributed by atoms with Crippen molar-refractivity contribution in [3.8, 4) is 0 Å². The van der Waals surface area contributed by atoms with E-state index in [2.05, 4.69) is 10.6 Å². The summed E-state index contributed by atoms with van der Waals surface area (Å²) < 4.78 is 10.2. The molecule has 2 rings (SSSR count). The van der Waals surface area contributed by atoms with Gasteiger partial charge in [0.15, 0.2) is 5.11 Å². The highest BCUT2D eigenvalue weighted by Gasteiger charge is 2.33. The number of benzene rings is 1. The molecule has 0 saturated carbocycles. The minimum Gasteiger partial charge on any atom is -0.460 e. The van der Waals surface area contributed by atoms with Crippen LogP contribution in [0.4, 0.5) is 5.69 Å². The van der Waals surface area contributed by atoms with Crippen molar-refractivity contribution in [1.29, 1.82) is 0 Å². The Morgan fingerprint density at radius 3 is 2.73 bits per heavy atom. The van der Waals surface area contributed by atoms with Gasteiger partial charge in [0.25, 0.3) is 0 Å². The standard InChI is InChI=1S/C18H23N3O4S/c1-11-15(17(23)25-9-8-24-4)16(20-18(26)21(11)3)13-6-5-7-14(10-13)19-12(2)22/h5-7,10,16H,8-9H2,1-4H3,(H,19,22)(H,20,26)/t16-/m0/s1. The Labute approximate surface area is 158 Å². The quantitative estimate of drug-likeness (QED) is 0.446. The molecule has 1 aliphatic rings. The predicted octanol–water partition coefficient (Wildman–Crippen LogP) is 1.97. The van der Waals surface area contributed by atoms with Gasteiger partial charge in [0.1, 0.15) is 6.61 Å². The topological polar surface area (TPSA) is 79.9 Å². The fourth-order valence-corrected chi connectivity index (χ4v) is 2.90. The van der Waals surface area contributed by atoms with E-state index < -0.39 is 12.0 Å². The van der Waals surface area contributed by atoms with E-state index in [-0.39, 0.29) is 12.5 Å². The Hall–Kier alpha value is -2.45. The van der Waals surface area contributed by atoms with Gasteiger partial charge in [-0.1, -0.05) is 12.1 Å². The molecule has 0 aromatic heterocycles. The van der Waals surface area contributed by atoms with Crippen molar-refractivity contribution >= 4 is 34.9 Å². The zero-order valence-corrected chi connectivity index (χ0v) is 16.1. The lowest BCUT2D eigenvalue weighted by Gasteiger charge is -2.35. The van der Waals surface area contributed by atoms with E-state index in [0.717, 1.165) is 5.56 Å². The third-order valence-corrected chi connectivity index (χ3v) is 4.43. The van der Waals surface area contributed by atoms with Crippen molar-refractivity contribution in [3.05, 3.63) is 41.1 Å². The van der Waals surface area contributed by atoms with Crippen LogP contribution in [-0.2, 0) is 19.1 Å². The van der Waals surface area contributed by atoms with E-state index in [1.54, 1.807) is 25.1 Å². The lowest BCUT2D eigenvalue weighted by Crippen LogP contribution is -2.46. The van der Waals surface area contributed by atoms with Crippen molar-refractivity contribution in [2.75, 3.05) is 32.7 Å². The summed E-state index contributed by atoms with van der Waals surface area (Å²) in [6, 6.07) is 6.80. The number of amides is 1. The zero-order chi connectivity index (χ0) is 19.3. The van der Waals surface area contributed by atoms with Gasteiger partial charge < -0.3 is 25.0 Å². The fraction of sp³-hybridized carbons (Fsp3) is 0.389. The smallest absolute Gasteiger partial charge is 0.338 e. The van der Waals surface area contributed by atoms with E-state index in [1.807, 2.05) is 25.1 Å². The fourth-order valence-electron chi connectivity index (χ4n) is 2.64. The number of methoxy groups -OCH3 is 1. The zero-order valence-electron chi connectivity index (χ0n) is 15.3. The lowest BCUT2D eigenvalue weighted by molar-refractivity contribution is -0.140. The Morgan fingerprint density at radius 2 is 2.08 bits per heavy atom. The first-order chi connectivity index (χ1) is 12.3. The molecule has 0 spiro atoms. The highest BCUT2D eigenvalue weighted by molar-refractivity contribution is 7.80. The molecular formula is C18H23N3O4S. The van der Waals surface area contributed by atoms with Gasteiger partial charge in [-0.15, -0.1) is 0 Å². The van der Waals surface area contributed by atoms with Crippen LogP contribution in [0.1, 0.15) is 25.5 Å². The first kappa shape index (κ1) is 19.9.